The zero-order valence-electron chi connectivity index (χ0n) is 7.93. The Morgan fingerprint density at radius 3 is 3.07 bits per heavy atom. The Labute approximate surface area is 91.1 Å². The molecular weight excluding hydrogens is 247 g/mol. The average molecular weight is 259 g/mol. The van der Waals surface area contributed by atoms with Gasteiger partial charge < -0.3 is 5.32 Å². The van der Waals surface area contributed by atoms with Crippen LogP contribution in [0.3, 0.4) is 0 Å². The highest BCUT2D eigenvalue weighted by Gasteiger charge is 2.35. The number of halogens is 2. The highest BCUT2D eigenvalue weighted by molar-refractivity contribution is 9.10. The average Bonchev–Trinajstić information content (AvgIpc) is 2.89. The quantitative estimate of drug-likeness (QED) is 0.901. The van der Waals surface area contributed by atoms with Gasteiger partial charge in [-0.1, -0.05) is 13.3 Å². The van der Waals surface area contributed by atoms with Gasteiger partial charge in [0.15, 0.2) is 11.6 Å². The molecule has 1 aromatic rings. The lowest BCUT2D eigenvalue weighted by Crippen LogP contribution is -2.07. The van der Waals surface area contributed by atoms with Crippen LogP contribution in [0.4, 0.5) is 10.2 Å². The van der Waals surface area contributed by atoms with Crippen molar-refractivity contribution >= 4 is 21.7 Å². The van der Waals surface area contributed by atoms with Crippen molar-refractivity contribution in [1.82, 2.24) is 4.98 Å². The summed E-state index contributed by atoms with van der Waals surface area (Å²) in [4.78, 5) is 3.99. The molecule has 1 fully saturated rings. The van der Waals surface area contributed by atoms with Crippen molar-refractivity contribution in [1.29, 1.82) is 0 Å². The van der Waals surface area contributed by atoms with Crippen LogP contribution >= 0.6 is 15.9 Å². The number of nitrogens with one attached hydrogen (secondary N) is 1. The molecule has 0 amide bonds. The Bertz CT molecular complexity index is 343. The minimum atomic E-state index is -0.291. The number of nitrogens with zero attached hydrogens (tertiary/aromatic N) is 1. The van der Waals surface area contributed by atoms with Crippen molar-refractivity contribution in [3.63, 3.8) is 0 Å². The molecular formula is C10H12BrFN2. The molecule has 76 valence electrons. The van der Waals surface area contributed by atoms with Crippen molar-refractivity contribution in [3.05, 3.63) is 22.6 Å². The SMILES string of the molecule is CCC1CC1Nc1ncc(Br)cc1F. The smallest absolute Gasteiger partial charge is 0.166 e. The van der Waals surface area contributed by atoms with Gasteiger partial charge in [0.25, 0.3) is 0 Å². The fourth-order valence-corrected chi connectivity index (χ4v) is 1.88. The van der Waals surface area contributed by atoms with Crippen LogP contribution in [0, 0.1) is 11.7 Å². The van der Waals surface area contributed by atoms with E-state index in [-0.39, 0.29) is 5.82 Å². The summed E-state index contributed by atoms with van der Waals surface area (Å²) in [7, 11) is 0. The standard InChI is InChI=1S/C10H12BrFN2/c1-2-6-3-9(6)14-10-8(12)4-7(11)5-13-10/h4-6,9H,2-3H2,1H3,(H,13,14). The van der Waals surface area contributed by atoms with Gasteiger partial charge in [0.1, 0.15) is 0 Å². The van der Waals surface area contributed by atoms with E-state index in [2.05, 4.69) is 33.2 Å². The second kappa shape index (κ2) is 3.85. The van der Waals surface area contributed by atoms with Crippen LogP contribution in [0.25, 0.3) is 0 Å². The highest BCUT2D eigenvalue weighted by atomic mass is 79.9. The largest absolute Gasteiger partial charge is 0.365 e. The molecule has 0 spiro atoms. The van der Waals surface area contributed by atoms with Crippen LogP contribution in [-0.4, -0.2) is 11.0 Å². The van der Waals surface area contributed by atoms with Gasteiger partial charge in [0.05, 0.1) is 0 Å². The molecule has 0 aliphatic heterocycles. The lowest BCUT2D eigenvalue weighted by Gasteiger charge is -2.05. The molecule has 1 aliphatic rings. The molecule has 0 radical (unpaired) electrons. The van der Waals surface area contributed by atoms with Crippen molar-refractivity contribution in [3.8, 4) is 0 Å². The lowest BCUT2D eigenvalue weighted by atomic mass is 10.3. The summed E-state index contributed by atoms with van der Waals surface area (Å²) in [5.41, 5.74) is 0. The third-order valence-electron chi connectivity index (χ3n) is 2.58. The zero-order chi connectivity index (χ0) is 10.1. The molecule has 0 saturated heterocycles. The molecule has 1 N–H and O–H groups in total. The minimum Gasteiger partial charge on any atom is -0.365 e. The van der Waals surface area contributed by atoms with E-state index in [1.807, 2.05) is 0 Å². The molecule has 1 aromatic heterocycles. The van der Waals surface area contributed by atoms with E-state index in [0.29, 0.717) is 22.3 Å². The Morgan fingerprint density at radius 1 is 1.71 bits per heavy atom. The predicted octanol–water partition coefficient (Wildman–Crippen LogP) is 3.19. The first-order valence-electron chi connectivity index (χ1n) is 4.78. The maximum Gasteiger partial charge on any atom is 0.166 e. The van der Waals surface area contributed by atoms with E-state index in [0.717, 1.165) is 12.8 Å². The van der Waals surface area contributed by atoms with Crippen molar-refractivity contribution in [2.45, 2.75) is 25.8 Å². The first-order valence-corrected chi connectivity index (χ1v) is 5.57. The number of anilines is 1. The van der Waals surface area contributed by atoms with Gasteiger partial charge in [-0.25, -0.2) is 9.37 Å². The van der Waals surface area contributed by atoms with Gasteiger partial charge in [-0.15, -0.1) is 0 Å². The van der Waals surface area contributed by atoms with E-state index in [1.165, 1.54) is 6.07 Å². The van der Waals surface area contributed by atoms with Gasteiger partial charge in [0.2, 0.25) is 0 Å². The predicted molar refractivity (Wildman–Crippen MR) is 57.7 cm³/mol. The van der Waals surface area contributed by atoms with Crippen LogP contribution in [0.5, 0.6) is 0 Å². The van der Waals surface area contributed by atoms with Gasteiger partial charge in [-0.2, -0.15) is 0 Å². The summed E-state index contributed by atoms with van der Waals surface area (Å²) in [5.74, 6) is 0.773. The van der Waals surface area contributed by atoms with Crippen LogP contribution in [0.15, 0.2) is 16.7 Å². The topological polar surface area (TPSA) is 24.9 Å². The van der Waals surface area contributed by atoms with E-state index in [9.17, 15) is 4.39 Å². The van der Waals surface area contributed by atoms with Gasteiger partial charge in [-0.05, 0) is 34.3 Å². The van der Waals surface area contributed by atoms with Crippen LogP contribution in [0.2, 0.25) is 0 Å². The van der Waals surface area contributed by atoms with Crippen LogP contribution in [0.1, 0.15) is 19.8 Å². The number of hydrogen-bond donors (Lipinski definition) is 1. The molecule has 1 heterocycles. The van der Waals surface area contributed by atoms with E-state index in [4.69, 9.17) is 0 Å². The van der Waals surface area contributed by atoms with E-state index < -0.39 is 0 Å². The Hall–Kier alpha value is -0.640. The van der Waals surface area contributed by atoms with Gasteiger partial charge in [0, 0.05) is 16.7 Å². The summed E-state index contributed by atoms with van der Waals surface area (Å²) < 4.78 is 14.0. The maximum absolute atomic E-state index is 13.3. The van der Waals surface area contributed by atoms with Gasteiger partial charge in [-0.3, -0.25) is 0 Å². The molecule has 4 heteroatoms. The Morgan fingerprint density at radius 2 is 2.50 bits per heavy atom. The third-order valence-corrected chi connectivity index (χ3v) is 3.01. The van der Waals surface area contributed by atoms with Crippen molar-refractivity contribution in [2.24, 2.45) is 5.92 Å². The lowest BCUT2D eigenvalue weighted by molar-refractivity contribution is 0.622. The Balaban J connectivity index is 2.03. The molecule has 1 aliphatic carbocycles. The number of rotatable bonds is 3. The first-order chi connectivity index (χ1) is 6.70. The fraction of sp³-hybridized carbons (Fsp3) is 0.500. The van der Waals surface area contributed by atoms with E-state index in [1.54, 1.807) is 6.20 Å². The third kappa shape index (κ3) is 2.05. The molecule has 1 saturated carbocycles. The van der Waals surface area contributed by atoms with E-state index >= 15 is 0 Å². The number of hydrogen-bond acceptors (Lipinski definition) is 2. The summed E-state index contributed by atoms with van der Waals surface area (Å²) in [6.45, 7) is 2.15. The molecule has 2 rings (SSSR count). The molecule has 2 atom stereocenters. The van der Waals surface area contributed by atoms with Crippen molar-refractivity contribution < 1.29 is 4.39 Å². The van der Waals surface area contributed by atoms with Crippen LogP contribution in [-0.2, 0) is 0 Å². The summed E-state index contributed by atoms with van der Waals surface area (Å²) >= 11 is 3.17. The summed E-state index contributed by atoms with van der Waals surface area (Å²) in [5, 5.41) is 3.11. The minimum absolute atomic E-state index is 0.291. The normalized spacial score (nSPS) is 24.8. The highest BCUT2D eigenvalue weighted by Crippen LogP contribution is 2.36. The second-order valence-corrected chi connectivity index (χ2v) is 4.55. The monoisotopic (exact) mass is 258 g/mol. The maximum atomic E-state index is 13.3. The number of aromatic nitrogens is 1. The van der Waals surface area contributed by atoms with Crippen molar-refractivity contribution in [2.75, 3.05) is 5.32 Å². The summed E-state index contributed by atoms with van der Waals surface area (Å²) in [6.07, 6.45) is 3.89. The molecule has 2 unspecified atom stereocenters. The molecule has 2 nitrogen and oxygen atoms in total. The molecule has 0 bridgehead atoms. The van der Waals surface area contributed by atoms with Crippen LogP contribution < -0.4 is 5.32 Å². The molecule has 0 aromatic carbocycles. The first kappa shape index (κ1) is 9.90. The fourth-order valence-electron chi connectivity index (χ4n) is 1.57. The Kier molecular flexibility index (Phi) is 2.72. The second-order valence-electron chi connectivity index (χ2n) is 3.64. The molecule has 14 heavy (non-hydrogen) atoms. The summed E-state index contributed by atoms with van der Waals surface area (Å²) in [6, 6.07) is 1.85. The zero-order valence-corrected chi connectivity index (χ0v) is 9.51. The van der Waals surface area contributed by atoms with Gasteiger partial charge >= 0.3 is 0 Å². The number of pyridine rings is 1.